The van der Waals surface area contributed by atoms with Crippen LogP contribution in [-0.2, 0) is 6.42 Å². The number of rotatable bonds is 2. The zero-order chi connectivity index (χ0) is 21.7. The Kier molecular flexibility index (Phi) is 4.96. The van der Waals surface area contributed by atoms with Crippen LogP contribution in [0.5, 0.6) is 0 Å². The van der Waals surface area contributed by atoms with Gasteiger partial charge in [-0.2, -0.15) is 0 Å². The van der Waals surface area contributed by atoms with Gasteiger partial charge in [-0.25, -0.2) is 4.99 Å². The highest BCUT2D eigenvalue weighted by molar-refractivity contribution is 14.1. The Labute approximate surface area is 203 Å². The first-order valence-electron chi connectivity index (χ1n) is 10.6. The van der Waals surface area contributed by atoms with Gasteiger partial charge in [-0.3, -0.25) is 9.36 Å². The fourth-order valence-electron chi connectivity index (χ4n) is 4.67. The molecule has 32 heavy (non-hydrogen) atoms. The Hall–Kier alpha value is -2.77. The molecule has 0 bridgehead atoms. The second-order valence-electron chi connectivity index (χ2n) is 8.08. The molecule has 5 heteroatoms. The summed E-state index contributed by atoms with van der Waals surface area (Å²) in [6.45, 7) is 0. The zero-order valence-corrected chi connectivity index (χ0v) is 20.1. The number of halogens is 1. The van der Waals surface area contributed by atoms with Crippen molar-refractivity contribution in [3.8, 4) is 0 Å². The van der Waals surface area contributed by atoms with Crippen LogP contribution in [0.4, 0.5) is 0 Å². The Bertz CT molecular complexity index is 1550. The molecule has 156 valence electrons. The molecule has 0 unspecified atom stereocenters. The van der Waals surface area contributed by atoms with Gasteiger partial charge in [0.05, 0.1) is 16.3 Å². The fraction of sp³-hybridized carbons (Fsp3) is 0.111. The van der Waals surface area contributed by atoms with E-state index in [2.05, 4.69) is 83.3 Å². The molecule has 3 nitrogen and oxygen atoms in total. The van der Waals surface area contributed by atoms with Crippen LogP contribution in [0.1, 0.15) is 34.7 Å². The van der Waals surface area contributed by atoms with Gasteiger partial charge in [0.1, 0.15) is 0 Å². The lowest BCUT2D eigenvalue weighted by atomic mass is 9.83. The van der Waals surface area contributed by atoms with Crippen molar-refractivity contribution >= 4 is 45.7 Å². The number of hydrogen-bond donors (Lipinski definition) is 0. The molecule has 0 amide bonds. The van der Waals surface area contributed by atoms with E-state index < -0.39 is 0 Å². The average Bonchev–Trinajstić information content (AvgIpc) is 3.14. The van der Waals surface area contributed by atoms with Gasteiger partial charge < -0.3 is 0 Å². The molecule has 1 aromatic heterocycles. The van der Waals surface area contributed by atoms with Crippen molar-refractivity contribution in [2.75, 3.05) is 0 Å². The van der Waals surface area contributed by atoms with Crippen LogP contribution < -0.4 is 14.9 Å². The highest BCUT2D eigenvalue weighted by Gasteiger charge is 2.32. The summed E-state index contributed by atoms with van der Waals surface area (Å²) in [5.41, 5.74) is 7.01. The van der Waals surface area contributed by atoms with Crippen LogP contribution >= 0.6 is 33.9 Å². The molecule has 2 heterocycles. The molecular formula is C27H19IN2OS. The van der Waals surface area contributed by atoms with Gasteiger partial charge in [-0.1, -0.05) is 78.1 Å². The molecule has 2 aliphatic rings. The molecule has 1 aliphatic carbocycles. The van der Waals surface area contributed by atoms with Gasteiger partial charge in [0.2, 0.25) is 0 Å². The van der Waals surface area contributed by atoms with E-state index in [9.17, 15) is 4.79 Å². The highest BCUT2D eigenvalue weighted by atomic mass is 127. The third kappa shape index (κ3) is 3.31. The Morgan fingerprint density at radius 3 is 2.50 bits per heavy atom. The number of thiazole rings is 1. The standard InChI is InChI=1S/C27H19IN2OS/c28-20-13-10-17(11-14-20)16-23-26(31)30-25(19-7-2-1-3-8-19)22-15-12-18-6-4-5-9-21(18)24(22)29-27(30)32-23/h1-11,13-14,16,25H,12,15H2/b23-16-/t25-/m0/s1. The van der Waals surface area contributed by atoms with Crippen molar-refractivity contribution in [3.05, 3.63) is 130 Å². The van der Waals surface area contributed by atoms with E-state index >= 15 is 0 Å². The first kappa shape index (κ1) is 19.9. The molecule has 0 radical (unpaired) electrons. The van der Waals surface area contributed by atoms with E-state index in [4.69, 9.17) is 4.99 Å². The third-order valence-corrected chi connectivity index (χ3v) is 7.86. The molecule has 0 saturated carbocycles. The summed E-state index contributed by atoms with van der Waals surface area (Å²) in [5.74, 6) is 0. The molecule has 0 spiro atoms. The average molecular weight is 546 g/mol. The van der Waals surface area contributed by atoms with Gasteiger partial charge >= 0.3 is 0 Å². The molecule has 0 fully saturated rings. The van der Waals surface area contributed by atoms with Crippen LogP contribution in [0, 0.1) is 3.57 Å². The third-order valence-electron chi connectivity index (χ3n) is 6.16. The van der Waals surface area contributed by atoms with E-state index in [1.807, 2.05) is 28.8 Å². The van der Waals surface area contributed by atoms with Crippen LogP contribution in [0.3, 0.4) is 0 Å². The maximum Gasteiger partial charge on any atom is 0.271 e. The number of hydrogen-bond acceptors (Lipinski definition) is 3. The minimum absolute atomic E-state index is 0.0339. The first-order valence-corrected chi connectivity index (χ1v) is 12.5. The van der Waals surface area contributed by atoms with Crippen LogP contribution in [0.15, 0.2) is 94.2 Å². The van der Waals surface area contributed by atoms with Crippen molar-refractivity contribution in [1.82, 2.24) is 4.57 Å². The van der Waals surface area contributed by atoms with E-state index in [0.717, 1.165) is 39.0 Å². The van der Waals surface area contributed by atoms with Gasteiger partial charge in [0.25, 0.3) is 5.56 Å². The lowest BCUT2D eigenvalue weighted by Gasteiger charge is -2.30. The topological polar surface area (TPSA) is 34.4 Å². The molecule has 4 aromatic rings. The summed E-state index contributed by atoms with van der Waals surface area (Å²) >= 11 is 3.78. The normalized spacial score (nSPS) is 17.4. The van der Waals surface area contributed by atoms with Crippen LogP contribution in [-0.4, -0.2) is 4.57 Å². The van der Waals surface area contributed by atoms with Crippen LogP contribution in [0.25, 0.3) is 11.8 Å². The largest absolute Gasteiger partial charge is 0.272 e. The minimum atomic E-state index is -0.116. The van der Waals surface area contributed by atoms with Crippen molar-refractivity contribution < 1.29 is 0 Å². The quantitative estimate of drug-likeness (QED) is 0.329. The maximum atomic E-state index is 13.6. The lowest BCUT2D eigenvalue weighted by molar-refractivity contribution is 0.585. The fourth-order valence-corrected chi connectivity index (χ4v) is 6.03. The summed E-state index contributed by atoms with van der Waals surface area (Å²) in [6, 6.07) is 27.0. The molecular weight excluding hydrogens is 527 g/mol. The minimum Gasteiger partial charge on any atom is -0.272 e. The Morgan fingerprint density at radius 2 is 1.69 bits per heavy atom. The second-order valence-corrected chi connectivity index (χ2v) is 10.3. The summed E-state index contributed by atoms with van der Waals surface area (Å²) in [6.07, 6.45) is 3.87. The van der Waals surface area contributed by atoms with E-state index in [0.29, 0.717) is 0 Å². The summed E-state index contributed by atoms with van der Waals surface area (Å²) in [5, 5.41) is 0. The summed E-state index contributed by atoms with van der Waals surface area (Å²) < 4.78 is 3.81. The molecule has 0 N–H and O–H groups in total. The van der Waals surface area contributed by atoms with E-state index in [1.54, 1.807) is 0 Å². The number of aryl methyl sites for hydroxylation is 1. The SMILES string of the molecule is O=c1/c(=C/c2ccc(I)cc2)sc2n1[C@@H](c1ccccc1)C1=C(N=2)c2ccccc2CC1. The van der Waals surface area contributed by atoms with Gasteiger partial charge in [-0.15, -0.1) is 0 Å². The monoisotopic (exact) mass is 546 g/mol. The van der Waals surface area contributed by atoms with E-state index in [1.165, 1.54) is 31.6 Å². The van der Waals surface area contributed by atoms with Crippen molar-refractivity contribution in [1.29, 1.82) is 0 Å². The summed E-state index contributed by atoms with van der Waals surface area (Å²) in [7, 11) is 0. The lowest BCUT2D eigenvalue weighted by Crippen LogP contribution is -2.38. The number of fused-ring (bicyclic) bond motifs is 3. The van der Waals surface area contributed by atoms with Crippen molar-refractivity contribution in [3.63, 3.8) is 0 Å². The van der Waals surface area contributed by atoms with Crippen molar-refractivity contribution in [2.45, 2.75) is 18.9 Å². The maximum absolute atomic E-state index is 13.6. The van der Waals surface area contributed by atoms with Crippen molar-refractivity contribution in [2.24, 2.45) is 4.99 Å². The van der Waals surface area contributed by atoms with Crippen LogP contribution in [0.2, 0.25) is 0 Å². The van der Waals surface area contributed by atoms with Gasteiger partial charge in [0, 0.05) is 9.13 Å². The van der Waals surface area contributed by atoms with Gasteiger partial charge in [-0.05, 0) is 75.9 Å². The molecule has 1 atom stereocenters. The molecule has 1 aliphatic heterocycles. The number of aromatic nitrogens is 1. The smallest absolute Gasteiger partial charge is 0.271 e. The molecule has 0 saturated heterocycles. The predicted molar refractivity (Wildman–Crippen MR) is 138 cm³/mol. The Balaban J connectivity index is 1.62. The second kappa shape index (κ2) is 7.98. The van der Waals surface area contributed by atoms with E-state index in [-0.39, 0.29) is 11.6 Å². The highest BCUT2D eigenvalue weighted by Crippen LogP contribution is 2.41. The number of nitrogens with zero attached hydrogens (tertiary/aromatic N) is 2. The zero-order valence-electron chi connectivity index (χ0n) is 17.2. The first-order chi connectivity index (χ1) is 15.7. The summed E-state index contributed by atoms with van der Waals surface area (Å²) in [4.78, 5) is 19.5. The molecule has 3 aromatic carbocycles. The predicted octanol–water partition coefficient (Wildman–Crippen LogP) is 4.92. The van der Waals surface area contributed by atoms with Gasteiger partial charge in [0.15, 0.2) is 4.80 Å². The Morgan fingerprint density at radius 1 is 0.938 bits per heavy atom. The molecule has 6 rings (SSSR count). The number of benzene rings is 3. The number of allylic oxidation sites excluding steroid dienone is 1.